The first kappa shape index (κ1) is 25.9. The van der Waals surface area contributed by atoms with E-state index in [1.807, 2.05) is 91.0 Å². The summed E-state index contributed by atoms with van der Waals surface area (Å²) in [4.78, 5) is 25.3. The number of carbonyl (C=O) groups excluding carboxylic acids is 2. The zero-order chi connectivity index (χ0) is 25.2. The molecule has 36 heavy (non-hydrogen) atoms. The Balaban J connectivity index is 1.53. The van der Waals surface area contributed by atoms with Gasteiger partial charge in [0.05, 0.1) is 26.4 Å². The average Bonchev–Trinajstić information content (AvgIpc) is 2.90. The summed E-state index contributed by atoms with van der Waals surface area (Å²) in [6.07, 6.45) is -3.08. The second-order valence-corrected chi connectivity index (χ2v) is 8.95. The van der Waals surface area contributed by atoms with Crippen LogP contribution in [0.5, 0.6) is 0 Å². The molecule has 0 radical (unpaired) electrons. The molecule has 4 atom stereocenters. The number of benzene rings is 3. The first-order chi connectivity index (χ1) is 17.6. The number of Topliss-reactive ketones (excluding diaryl/α,β-unsaturated/α-hetero) is 2. The van der Waals surface area contributed by atoms with E-state index in [1.54, 1.807) is 0 Å². The third-order valence-corrected chi connectivity index (χ3v) is 6.03. The molecule has 0 unspecified atom stereocenters. The van der Waals surface area contributed by atoms with Crippen molar-refractivity contribution in [3.63, 3.8) is 0 Å². The average molecular weight is 489 g/mol. The van der Waals surface area contributed by atoms with E-state index in [2.05, 4.69) is 0 Å². The Bertz CT molecular complexity index is 1090. The number of carbonyl (C=O) groups is 2. The number of ketones is 2. The summed E-state index contributed by atoms with van der Waals surface area (Å²) < 4.78 is 24.6. The fourth-order valence-electron chi connectivity index (χ4n) is 4.21. The van der Waals surface area contributed by atoms with Gasteiger partial charge in [-0.1, -0.05) is 91.0 Å². The van der Waals surface area contributed by atoms with Gasteiger partial charge in [0.15, 0.2) is 5.78 Å². The summed E-state index contributed by atoms with van der Waals surface area (Å²) in [6, 6.07) is 29.2. The molecule has 6 nitrogen and oxygen atoms in total. The number of hydrogen-bond acceptors (Lipinski definition) is 6. The second-order valence-electron chi connectivity index (χ2n) is 8.95. The minimum Gasteiger partial charge on any atom is -0.374 e. The maximum absolute atomic E-state index is 13.4. The predicted molar refractivity (Wildman–Crippen MR) is 135 cm³/mol. The summed E-state index contributed by atoms with van der Waals surface area (Å²) in [5.41, 5.74) is 2.95. The van der Waals surface area contributed by atoms with E-state index < -0.39 is 24.4 Å². The Morgan fingerprint density at radius 1 is 0.750 bits per heavy atom. The molecule has 1 aliphatic heterocycles. The quantitative estimate of drug-likeness (QED) is 0.368. The number of hydrogen-bond donors (Lipinski definition) is 0. The highest BCUT2D eigenvalue weighted by Gasteiger charge is 2.47. The molecule has 0 aliphatic carbocycles. The molecule has 1 aliphatic rings. The number of ether oxygens (including phenoxy) is 4. The zero-order valence-corrected chi connectivity index (χ0v) is 20.5. The van der Waals surface area contributed by atoms with Crippen molar-refractivity contribution in [1.29, 1.82) is 0 Å². The van der Waals surface area contributed by atoms with Crippen LogP contribution in [0.4, 0.5) is 0 Å². The molecule has 4 rings (SSSR count). The van der Waals surface area contributed by atoms with E-state index in [-0.39, 0.29) is 31.2 Å². The van der Waals surface area contributed by atoms with E-state index in [9.17, 15) is 9.59 Å². The van der Waals surface area contributed by atoms with Gasteiger partial charge in [0.1, 0.15) is 30.2 Å². The minimum atomic E-state index is -0.898. The number of rotatable bonds is 12. The molecule has 1 fully saturated rings. The lowest BCUT2D eigenvalue weighted by Crippen LogP contribution is -2.58. The molecular formula is C30H32O6. The molecule has 3 aromatic carbocycles. The lowest BCUT2D eigenvalue weighted by molar-refractivity contribution is -0.214. The molecule has 0 N–H and O–H groups in total. The first-order valence-electron chi connectivity index (χ1n) is 12.2. The van der Waals surface area contributed by atoms with Crippen molar-refractivity contribution >= 4 is 11.6 Å². The molecule has 0 spiro atoms. The normalized spacial score (nSPS) is 21.9. The van der Waals surface area contributed by atoms with Crippen LogP contribution in [0, 0.1) is 0 Å². The molecule has 3 aromatic rings. The lowest BCUT2D eigenvalue weighted by Gasteiger charge is -2.40. The van der Waals surface area contributed by atoms with Gasteiger partial charge in [0.25, 0.3) is 0 Å². The van der Waals surface area contributed by atoms with Crippen LogP contribution < -0.4 is 0 Å². The van der Waals surface area contributed by atoms with Crippen LogP contribution in [0.1, 0.15) is 30.0 Å². The monoisotopic (exact) mass is 488 g/mol. The van der Waals surface area contributed by atoms with Crippen molar-refractivity contribution < 1.29 is 28.5 Å². The Morgan fingerprint density at radius 2 is 1.25 bits per heavy atom. The maximum Gasteiger partial charge on any atom is 0.193 e. The van der Waals surface area contributed by atoms with Crippen LogP contribution >= 0.6 is 0 Å². The predicted octanol–water partition coefficient (Wildman–Crippen LogP) is 4.69. The highest BCUT2D eigenvalue weighted by molar-refractivity contribution is 5.93. The van der Waals surface area contributed by atoms with Gasteiger partial charge in [-0.15, -0.1) is 0 Å². The van der Waals surface area contributed by atoms with Gasteiger partial charge in [-0.05, 0) is 23.6 Å². The van der Waals surface area contributed by atoms with Crippen LogP contribution in [0.15, 0.2) is 91.0 Å². The molecule has 1 saturated heterocycles. The van der Waals surface area contributed by atoms with Crippen LogP contribution in [0.25, 0.3) is 0 Å². The molecule has 188 valence electrons. The second kappa shape index (κ2) is 13.2. The smallest absolute Gasteiger partial charge is 0.193 e. The van der Waals surface area contributed by atoms with E-state index >= 15 is 0 Å². The van der Waals surface area contributed by atoms with Crippen molar-refractivity contribution in [1.82, 2.24) is 0 Å². The van der Waals surface area contributed by atoms with Crippen molar-refractivity contribution in [3.05, 3.63) is 108 Å². The Morgan fingerprint density at radius 3 is 1.78 bits per heavy atom. The molecule has 6 heteroatoms. The van der Waals surface area contributed by atoms with Gasteiger partial charge in [-0.3, -0.25) is 9.59 Å². The maximum atomic E-state index is 13.4. The third kappa shape index (κ3) is 7.42. The molecular weight excluding hydrogens is 456 g/mol. The summed E-state index contributed by atoms with van der Waals surface area (Å²) in [7, 11) is 0. The van der Waals surface area contributed by atoms with Gasteiger partial charge in [0.2, 0.25) is 0 Å². The summed E-state index contributed by atoms with van der Waals surface area (Å²) in [6.45, 7) is 2.58. The third-order valence-electron chi connectivity index (χ3n) is 6.03. The van der Waals surface area contributed by atoms with Crippen LogP contribution in [0.2, 0.25) is 0 Å². The Labute approximate surface area is 212 Å². The topological polar surface area (TPSA) is 71.1 Å². The molecule has 0 aromatic heterocycles. The van der Waals surface area contributed by atoms with E-state index in [0.29, 0.717) is 13.2 Å². The highest BCUT2D eigenvalue weighted by Crippen LogP contribution is 2.27. The van der Waals surface area contributed by atoms with Crippen molar-refractivity contribution in [2.24, 2.45) is 0 Å². The fraction of sp³-hybridized carbons (Fsp3) is 0.333. The van der Waals surface area contributed by atoms with E-state index in [0.717, 1.165) is 16.7 Å². The lowest BCUT2D eigenvalue weighted by atomic mass is 9.93. The molecule has 1 heterocycles. The summed E-state index contributed by atoms with van der Waals surface area (Å²) >= 11 is 0. The SMILES string of the molecule is CC(=O)C[C@H]1O[C@H](COCc2ccccc2)[C@@H](OCc2ccccc2)[C@H](OCc2ccccc2)C1=O. The van der Waals surface area contributed by atoms with Crippen molar-refractivity contribution in [2.45, 2.75) is 57.6 Å². The van der Waals surface area contributed by atoms with Gasteiger partial charge in [0, 0.05) is 6.42 Å². The van der Waals surface area contributed by atoms with Gasteiger partial charge < -0.3 is 18.9 Å². The van der Waals surface area contributed by atoms with Crippen molar-refractivity contribution in [3.8, 4) is 0 Å². The highest BCUT2D eigenvalue weighted by atomic mass is 16.6. The molecule has 0 saturated carbocycles. The van der Waals surface area contributed by atoms with Crippen LogP contribution in [-0.2, 0) is 48.4 Å². The van der Waals surface area contributed by atoms with Crippen LogP contribution in [0.3, 0.4) is 0 Å². The Hall–Kier alpha value is -3.16. The van der Waals surface area contributed by atoms with E-state index in [4.69, 9.17) is 18.9 Å². The summed E-state index contributed by atoms with van der Waals surface area (Å²) in [5, 5.41) is 0. The Kier molecular flexibility index (Phi) is 9.53. The fourth-order valence-corrected chi connectivity index (χ4v) is 4.21. The summed E-state index contributed by atoms with van der Waals surface area (Å²) in [5.74, 6) is -0.402. The minimum absolute atomic E-state index is 0.00930. The zero-order valence-electron chi connectivity index (χ0n) is 20.5. The largest absolute Gasteiger partial charge is 0.374 e. The van der Waals surface area contributed by atoms with Gasteiger partial charge in [-0.2, -0.15) is 0 Å². The van der Waals surface area contributed by atoms with Crippen LogP contribution in [-0.4, -0.2) is 42.6 Å². The van der Waals surface area contributed by atoms with Gasteiger partial charge >= 0.3 is 0 Å². The standard InChI is InChI=1S/C30H32O6/c1-22(31)17-26-28(32)30(35-20-25-15-9-4-10-16-25)29(34-19-24-13-7-3-8-14-24)27(36-26)21-33-18-23-11-5-2-6-12-23/h2-16,26-27,29-30H,17-21H2,1H3/t26-,27-,29-,30-/m1/s1. The first-order valence-corrected chi connectivity index (χ1v) is 12.2. The van der Waals surface area contributed by atoms with Crippen molar-refractivity contribution in [2.75, 3.05) is 6.61 Å². The van der Waals surface area contributed by atoms with Gasteiger partial charge in [-0.25, -0.2) is 0 Å². The molecule has 0 bridgehead atoms. The van der Waals surface area contributed by atoms with E-state index in [1.165, 1.54) is 6.92 Å². The molecule has 0 amide bonds.